The van der Waals surface area contributed by atoms with E-state index in [4.69, 9.17) is 15.6 Å². The summed E-state index contributed by atoms with van der Waals surface area (Å²) in [4.78, 5) is -0.0162. The monoisotopic (exact) mass is 289 g/mol. The summed E-state index contributed by atoms with van der Waals surface area (Å²) in [5.74, 6) is 5.09. The molecule has 1 aromatic carbocycles. The van der Waals surface area contributed by atoms with E-state index in [2.05, 4.69) is 11.8 Å². The normalized spacial score (nSPS) is 10.2. The fraction of sp³-hybridized carbons (Fsp3) is 0.231. The van der Waals surface area contributed by atoms with Crippen LogP contribution in [0.2, 0.25) is 0 Å². The maximum Gasteiger partial charge on any atom is 0.244 e. The van der Waals surface area contributed by atoms with Crippen molar-refractivity contribution in [3.63, 3.8) is 0 Å². The van der Waals surface area contributed by atoms with E-state index in [1.807, 2.05) is 0 Å². The van der Waals surface area contributed by atoms with Crippen molar-refractivity contribution >= 4 is 10.0 Å². The Bertz CT molecular complexity index is 684. The van der Waals surface area contributed by atoms with Crippen LogP contribution >= 0.6 is 0 Å². The summed E-state index contributed by atoms with van der Waals surface area (Å²) in [6, 6.07) is 9.10. The average molecular weight is 289 g/mol. The standard InChI is InChI=1S/C13H11N3O3S/c14-7-9-16(10-8-15)20(18,19)13-5-3-12(4-6-13)2-1-11-17/h3-6,17H,9-11H2. The fourth-order valence-electron chi connectivity index (χ4n) is 1.38. The van der Waals surface area contributed by atoms with Crippen molar-refractivity contribution in [2.75, 3.05) is 19.7 Å². The summed E-state index contributed by atoms with van der Waals surface area (Å²) >= 11 is 0. The number of nitriles is 2. The Hall–Kier alpha value is -2.37. The molecule has 0 aromatic heterocycles. The van der Waals surface area contributed by atoms with Gasteiger partial charge in [0.1, 0.15) is 19.7 Å². The lowest BCUT2D eigenvalue weighted by Gasteiger charge is -2.15. The highest BCUT2D eigenvalue weighted by Gasteiger charge is 2.23. The van der Waals surface area contributed by atoms with E-state index < -0.39 is 10.0 Å². The molecule has 0 heterocycles. The number of nitrogens with zero attached hydrogens (tertiary/aromatic N) is 3. The summed E-state index contributed by atoms with van der Waals surface area (Å²) in [6.07, 6.45) is 0. The van der Waals surface area contributed by atoms with E-state index in [0.717, 1.165) is 4.31 Å². The molecule has 0 spiro atoms. The minimum absolute atomic E-state index is 0.0162. The Balaban J connectivity index is 3.09. The van der Waals surface area contributed by atoms with Crippen molar-refractivity contribution in [3.8, 4) is 24.0 Å². The minimum atomic E-state index is -3.87. The third-order valence-electron chi connectivity index (χ3n) is 2.30. The first kappa shape index (κ1) is 15.7. The fourth-order valence-corrected chi connectivity index (χ4v) is 2.62. The SMILES string of the molecule is N#CCN(CC#N)S(=O)(=O)c1ccc(C#CCO)cc1. The quantitative estimate of drug-likeness (QED) is 0.623. The van der Waals surface area contributed by atoms with E-state index in [1.165, 1.54) is 24.3 Å². The molecule has 0 bridgehead atoms. The number of hydrogen-bond donors (Lipinski definition) is 1. The van der Waals surface area contributed by atoms with Crippen LogP contribution in [0.4, 0.5) is 0 Å². The second-order valence-electron chi connectivity index (χ2n) is 3.57. The van der Waals surface area contributed by atoms with Gasteiger partial charge in [0.15, 0.2) is 0 Å². The smallest absolute Gasteiger partial charge is 0.244 e. The molecule has 20 heavy (non-hydrogen) atoms. The molecule has 0 saturated heterocycles. The number of benzene rings is 1. The van der Waals surface area contributed by atoms with Crippen LogP contribution in [0.5, 0.6) is 0 Å². The minimum Gasteiger partial charge on any atom is -0.384 e. The Labute approximate surface area is 117 Å². The number of aliphatic hydroxyl groups is 1. The molecule has 6 nitrogen and oxygen atoms in total. The second-order valence-corrected chi connectivity index (χ2v) is 5.51. The summed E-state index contributed by atoms with van der Waals surface area (Å²) in [7, 11) is -3.87. The molecule has 1 N–H and O–H groups in total. The van der Waals surface area contributed by atoms with Crippen molar-refractivity contribution in [1.29, 1.82) is 10.5 Å². The lowest BCUT2D eigenvalue weighted by molar-refractivity contribution is 0.350. The summed E-state index contributed by atoms with van der Waals surface area (Å²) < 4.78 is 25.2. The molecule has 0 aliphatic heterocycles. The van der Waals surface area contributed by atoms with Crippen molar-refractivity contribution in [3.05, 3.63) is 29.8 Å². The predicted molar refractivity (Wildman–Crippen MR) is 70.4 cm³/mol. The molecule has 0 radical (unpaired) electrons. The highest BCUT2D eigenvalue weighted by molar-refractivity contribution is 7.89. The zero-order valence-corrected chi connectivity index (χ0v) is 11.3. The third kappa shape index (κ3) is 3.81. The third-order valence-corrected chi connectivity index (χ3v) is 4.10. The highest BCUT2D eigenvalue weighted by atomic mass is 32.2. The lowest BCUT2D eigenvalue weighted by Crippen LogP contribution is -2.31. The van der Waals surface area contributed by atoms with Crippen LogP contribution in [0, 0.1) is 34.5 Å². The molecule has 1 aromatic rings. The summed E-state index contributed by atoms with van der Waals surface area (Å²) in [6.45, 7) is -1.05. The molecule has 0 amide bonds. The molecule has 0 fully saturated rings. The molecule has 0 unspecified atom stereocenters. The van der Waals surface area contributed by atoms with E-state index in [-0.39, 0.29) is 24.6 Å². The Morgan fingerprint density at radius 2 is 1.65 bits per heavy atom. The van der Waals surface area contributed by atoms with Crippen molar-refractivity contribution < 1.29 is 13.5 Å². The van der Waals surface area contributed by atoms with Crippen molar-refractivity contribution in [2.24, 2.45) is 0 Å². The molecule has 0 aliphatic carbocycles. The van der Waals surface area contributed by atoms with Gasteiger partial charge in [-0.1, -0.05) is 11.8 Å². The average Bonchev–Trinajstić information content (AvgIpc) is 2.45. The van der Waals surface area contributed by atoms with Crippen LogP contribution < -0.4 is 0 Å². The number of sulfonamides is 1. The zero-order chi connectivity index (χ0) is 15.0. The molecular formula is C13H11N3O3S. The van der Waals surface area contributed by atoms with Gasteiger partial charge in [0.25, 0.3) is 0 Å². The lowest BCUT2D eigenvalue weighted by atomic mass is 10.2. The van der Waals surface area contributed by atoms with Gasteiger partial charge in [0.2, 0.25) is 10.0 Å². The van der Waals surface area contributed by atoms with Crippen molar-refractivity contribution in [2.45, 2.75) is 4.90 Å². The summed E-state index contributed by atoms with van der Waals surface area (Å²) in [5, 5.41) is 25.8. The Kier molecular flexibility index (Phi) is 5.71. The first-order valence-corrected chi connectivity index (χ1v) is 6.94. The van der Waals surface area contributed by atoms with E-state index in [9.17, 15) is 8.42 Å². The second kappa shape index (κ2) is 7.28. The molecule has 102 valence electrons. The first-order chi connectivity index (χ1) is 9.56. The van der Waals surface area contributed by atoms with Gasteiger partial charge in [0.05, 0.1) is 17.0 Å². The predicted octanol–water partition coefficient (Wildman–Crippen LogP) is 0.0683. The first-order valence-electron chi connectivity index (χ1n) is 5.50. The van der Waals surface area contributed by atoms with Gasteiger partial charge in [-0.25, -0.2) is 8.42 Å². The topological polar surface area (TPSA) is 105 Å². The van der Waals surface area contributed by atoms with Gasteiger partial charge >= 0.3 is 0 Å². The largest absolute Gasteiger partial charge is 0.384 e. The Morgan fingerprint density at radius 1 is 1.10 bits per heavy atom. The highest BCUT2D eigenvalue weighted by Crippen LogP contribution is 2.15. The van der Waals surface area contributed by atoms with Crippen LogP contribution in [0.1, 0.15) is 5.56 Å². The van der Waals surface area contributed by atoms with Crippen molar-refractivity contribution in [1.82, 2.24) is 4.31 Å². The number of rotatable bonds is 4. The van der Waals surface area contributed by atoms with Gasteiger partial charge in [-0.15, -0.1) is 0 Å². The van der Waals surface area contributed by atoms with Gasteiger partial charge in [0, 0.05) is 5.56 Å². The molecule has 7 heteroatoms. The van der Waals surface area contributed by atoms with E-state index in [0.29, 0.717) is 5.56 Å². The molecule has 1 rings (SSSR count). The Morgan fingerprint density at radius 3 is 2.10 bits per heavy atom. The summed E-state index contributed by atoms with van der Waals surface area (Å²) in [5.41, 5.74) is 0.560. The molecular weight excluding hydrogens is 278 g/mol. The molecule has 0 saturated carbocycles. The molecule has 0 atom stereocenters. The van der Waals surface area contributed by atoms with Gasteiger partial charge < -0.3 is 5.11 Å². The maximum atomic E-state index is 12.2. The van der Waals surface area contributed by atoms with Gasteiger partial charge in [-0.2, -0.15) is 14.8 Å². The number of aliphatic hydroxyl groups excluding tert-OH is 1. The van der Waals surface area contributed by atoms with E-state index >= 15 is 0 Å². The van der Waals surface area contributed by atoms with Crippen LogP contribution in [0.15, 0.2) is 29.2 Å². The maximum absolute atomic E-state index is 12.2. The van der Waals surface area contributed by atoms with Crippen LogP contribution in [0.25, 0.3) is 0 Å². The van der Waals surface area contributed by atoms with Gasteiger partial charge in [-0.05, 0) is 24.3 Å². The zero-order valence-electron chi connectivity index (χ0n) is 10.4. The van der Waals surface area contributed by atoms with Crippen LogP contribution in [-0.2, 0) is 10.0 Å². The van der Waals surface area contributed by atoms with E-state index in [1.54, 1.807) is 12.1 Å². The number of hydrogen-bond acceptors (Lipinski definition) is 5. The van der Waals surface area contributed by atoms with Gasteiger partial charge in [-0.3, -0.25) is 0 Å². The molecule has 0 aliphatic rings. The van der Waals surface area contributed by atoms with Crippen LogP contribution in [-0.4, -0.2) is 37.5 Å². The van der Waals surface area contributed by atoms with Crippen LogP contribution in [0.3, 0.4) is 0 Å².